The van der Waals surface area contributed by atoms with Gasteiger partial charge < -0.3 is 9.47 Å². The molecule has 0 unspecified atom stereocenters. The normalized spacial score (nSPS) is 13.4. The van der Waals surface area contributed by atoms with Gasteiger partial charge >= 0.3 is 5.97 Å². The summed E-state index contributed by atoms with van der Waals surface area (Å²) in [7, 11) is 0. The zero-order valence-corrected chi connectivity index (χ0v) is 12.5. The van der Waals surface area contributed by atoms with E-state index in [1.54, 1.807) is 0 Å². The van der Waals surface area contributed by atoms with Gasteiger partial charge in [-0.1, -0.05) is 48.5 Å². The molecule has 3 nitrogen and oxygen atoms in total. The first-order valence-electron chi connectivity index (χ1n) is 7.48. The molecule has 0 spiro atoms. The Kier molecular flexibility index (Phi) is 4.24. The van der Waals surface area contributed by atoms with Crippen molar-refractivity contribution in [3.63, 3.8) is 0 Å². The maximum atomic E-state index is 12.0. The molecule has 1 aliphatic rings. The first kappa shape index (κ1) is 14.4. The van der Waals surface area contributed by atoms with Gasteiger partial charge in [0.1, 0.15) is 5.75 Å². The second-order valence-corrected chi connectivity index (χ2v) is 5.08. The third-order valence-corrected chi connectivity index (χ3v) is 3.62. The molecule has 2 aromatic rings. The van der Waals surface area contributed by atoms with Crippen LogP contribution in [-0.4, -0.2) is 19.2 Å². The minimum atomic E-state index is -0.260. The van der Waals surface area contributed by atoms with Crippen LogP contribution in [0, 0.1) is 0 Å². The summed E-state index contributed by atoms with van der Waals surface area (Å²) < 4.78 is 11.0. The highest BCUT2D eigenvalue weighted by Crippen LogP contribution is 2.36. The largest absolute Gasteiger partial charge is 0.492 e. The Labute approximate surface area is 130 Å². The smallest absolute Gasteiger partial charge is 0.334 e. The molecule has 112 valence electrons. The summed E-state index contributed by atoms with van der Waals surface area (Å²) in [6.45, 7) is 2.67. The number of ether oxygens (including phenoxy) is 2. The van der Waals surface area contributed by atoms with Crippen molar-refractivity contribution >= 4 is 12.0 Å². The standard InChI is InChI=1S/C19H18O3/c1-2-21-19(20)16-11-12-22-18-15(13-16)9-6-10-17(18)14-7-4-3-5-8-14/h3-10,13H,2,11-12H2,1H3. The molecule has 1 aliphatic heterocycles. The molecule has 22 heavy (non-hydrogen) atoms. The maximum absolute atomic E-state index is 12.0. The van der Waals surface area contributed by atoms with Crippen molar-refractivity contribution in [2.75, 3.05) is 13.2 Å². The topological polar surface area (TPSA) is 35.5 Å². The van der Waals surface area contributed by atoms with Crippen molar-refractivity contribution in [1.82, 2.24) is 0 Å². The van der Waals surface area contributed by atoms with Crippen LogP contribution < -0.4 is 4.74 Å². The van der Waals surface area contributed by atoms with E-state index in [1.807, 2.05) is 49.4 Å². The summed E-state index contributed by atoms with van der Waals surface area (Å²) in [6.07, 6.45) is 2.44. The van der Waals surface area contributed by atoms with Crippen LogP contribution in [-0.2, 0) is 9.53 Å². The Morgan fingerprint density at radius 2 is 1.95 bits per heavy atom. The minimum Gasteiger partial charge on any atom is -0.492 e. The third-order valence-electron chi connectivity index (χ3n) is 3.62. The van der Waals surface area contributed by atoms with Gasteiger partial charge in [0, 0.05) is 23.1 Å². The zero-order valence-electron chi connectivity index (χ0n) is 12.5. The monoisotopic (exact) mass is 294 g/mol. The summed E-state index contributed by atoms with van der Waals surface area (Å²) in [5.74, 6) is 0.567. The molecule has 0 bridgehead atoms. The molecule has 0 N–H and O–H groups in total. The second kappa shape index (κ2) is 6.48. The summed E-state index contributed by atoms with van der Waals surface area (Å²) >= 11 is 0. The van der Waals surface area contributed by atoms with E-state index in [0.29, 0.717) is 25.2 Å². The maximum Gasteiger partial charge on any atom is 0.334 e. The molecule has 1 heterocycles. The summed E-state index contributed by atoms with van der Waals surface area (Å²) in [5, 5.41) is 0. The average Bonchev–Trinajstić information content (AvgIpc) is 2.78. The predicted octanol–water partition coefficient (Wildman–Crippen LogP) is 4.08. The number of hydrogen-bond donors (Lipinski definition) is 0. The van der Waals surface area contributed by atoms with Gasteiger partial charge in [0.25, 0.3) is 0 Å². The molecule has 0 aromatic heterocycles. The molecule has 0 fully saturated rings. The molecule has 3 rings (SSSR count). The van der Waals surface area contributed by atoms with Crippen molar-refractivity contribution < 1.29 is 14.3 Å². The Bertz CT molecular complexity index is 702. The van der Waals surface area contributed by atoms with E-state index in [1.165, 1.54) is 0 Å². The first-order chi connectivity index (χ1) is 10.8. The Morgan fingerprint density at radius 1 is 1.14 bits per heavy atom. The van der Waals surface area contributed by atoms with Crippen LogP contribution >= 0.6 is 0 Å². The lowest BCUT2D eigenvalue weighted by Crippen LogP contribution is -2.09. The van der Waals surface area contributed by atoms with Crippen LogP contribution in [0.4, 0.5) is 0 Å². The second-order valence-electron chi connectivity index (χ2n) is 5.08. The first-order valence-corrected chi connectivity index (χ1v) is 7.48. The van der Waals surface area contributed by atoms with Crippen LogP contribution in [0.25, 0.3) is 17.2 Å². The summed E-state index contributed by atoms with van der Waals surface area (Å²) in [6, 6.07) is 16.1. The number of carbonyl (C=O) groups excluding carboxylic acids is 1. The fourth-order valence-corrected chi connectivity index (χ4v) is 2.58. The lowest BCUT2D eigenvalue weighted by atomic mass is 10.0. The van der Waals surface area contributed by atoms with Gasteiger partial charge in [-0.15, -0.1) is 0 Å². The summed E-state index contributed by atoms with van der Waals surface area (Å²) in [5.41, 5.74) is 3.72. The van der Waals surface area contributed by atoms with Crippen molar-refractivity contribution in [3.05, 3.63) is 59.7 Å². The SMILES string of the molecule is CCOC(=O)C1=Cc2cccc(-c3ccccc3)c2OCC1. The Morgan fingerprint density at radius 3 is 2.73 bits per heavy atom. The van der Waals surface area contributed by atoms with E-state index >= 15 is 0 Å². The van der Waals surface area contributed by atoms with Crippen molar-refractivity contribution in [2.24, 2.45) is 0 Å². The number of rotatable bonds is 3. The van der Waals surface area contributed by atoms with Crippen LogP contribution in [0.3, 0.4) is 0 Å². The number of para-hydroxylation sites is 1. The van der Waals surface area contributed by atoms with Crippen molar-refractivity contribution in [1.29, 1.82) is 0 Å². The number of fused-ring (bicyclic) bond motifs is 1. The number of esters is 1. The van der Waals surface area contributed by atoms with E-state index in [-0.39, 0.29) is 5.97 Å². The van der Waals surface area contributed by atoms with Crippen LogP contribution in [0.15, 0.2) is 54.1 Å². The van der Waals surface area contributed by atoms with Crippen LogP contribution in [0.1, 0.15) is 18.9 Å². The molecular formula is C19H18O3. The molecule has 3 heteroatoms. The van der Waals surface area contributed by atoms with Gasteiger partial charge in [-0.2, -0.15) is 0 Å². The van der Waals surface area contributed by atoms with E-state index in [0.717, 1.165) is 22.4 Å². The molecule has 0 aliphatic carbocycles. The lowest BCUT2D eigenvalue weighted by molar-refractivity contribution is -0.138. The van der Waals surface area contributed by atoms with E-state index in [2.05, 4.69) is 12.1 Å². The predicted molar refractivity (Wildman–Crippen MR) is 86.6 cm³/mol. The fourth-order valence-electron chi connectivity index (χ4n) is 2.58. The van der Waals surface area contributed by atoms with Gasteiger partial charge in [0.15, 0.2) is 0 Å². The van der Waals surface area contributed by atoms with E-state index < -0.39 is 0 Å². The van der Waals surface area contributed by atoms with Gasteiger partial charge in [-0.25, -0.2) is 4.79 Å². The summed E-state index contributed by atoms with van der Waals surface area (Å²) in [4.78, 5) is 12.0. The van der Waals surface area contributed by atoms with Gasteiger partial charge in [0.05, 0.1) is 13.2 Å². The van der Waals surface area contributed by atoms with Gasteiger partial charge in [-0.3, -0.25) is 0 Å². The highest BCUT2D eigenvalue weighted by atomic mass is 16.5. The van der Waals surface area contributed by atoms with Crippen LogP contribution in [0.5, 0.6) is 5.75 Å². The van der Waals surface area contributed by atoms with E-state index in [4.69, 9.17) is 9.47 Å². The Hall–Kier alpha value is -2.55. The highest BCUT2D eigenvalue weighted by Gasteiger charge is 2.18. The van der Waals surface area contributed by atoms with Gasteiger partial charge in [0.2, 0.25) is 0 Å². The van der Waals surface area contributed by atoms with Gasteiger partial charge in [-0.05, 0) is 18.6 Å². The quantitative estimate of drug-likeness (QED) is 0.800. The van der Waals surface area contributed by atoms with E-state index in [9.17, 15) is 4.79 Å². The molecule has 2 aromatic carbocycles. The number of benzene rings is 2. The molecule has 0 saturated carbocycles. The van der Waals surface area contributed by atoms with Crippen molar-refractivity contribution in [3.8, 4) is 16.9 Å². The fraction of sp³-hybridized carbons (Fsp3) is 0.211. The average molecular weight is 294 g/mol. The molecule has 0 radical (unpaired) electrons. The van der Waals surface area contributed by atoms with Crippen LogP contribution in [0.2, 0.25) is 0 Å². The number of hydrogen-bond acceptors (Lipinski definition) is 3. The molecule has 0 amide bonds. The molecular weight excluding hydrogens is 276 g/mol. The Balaban J connectivity index is 2.04. The van der Waals surface area contributed by atoms with Crippen molar-refractivity contribution in [2.45, 2.75) is 13.3 Å². The lowest BCUT2D eigenvalue weighted by Gasteiger charge is -2.12. The zero-order chi connectivity index (χ0) is 15.4. The molecule has 0 saturated heterocycles. The third kappa shape index (κ3) is 2.89. The molecule has 0 atom stereocenters. The highest BCUT2D eigenvalue weighted by molar-refractivity contribution is 5.95. The number of carbonyl (C=O) groups is 1. The minimum absolute atomic E-state index is 0.260.